The van der Waals surface area contributed by atoms with E-state index in [1.807, 2.05) is 6.26 Å². The maximum absolute atomic E-state index is 12.1. The summed E-state index contributed by atoms with van der Waals surface area (Å²) in [5.41, 5.74) is 0. The van der Waals surface area contributed by atoms with E-state index in [4.69, 9.17) is 4.42 Å². The van der Waals surface area contributed by atoms with Crippen molar-refractivity contribution in [1.29, 1.82) is 0 Å². The average molecular weight is 303 g/mol. The molecule has 106 valence electrons. The van der Waals surface area contributed by atoms with Gasteiger partial charge in [-0.2, -0.15) is 11.8 Å². The third-order valence-electron chi connectivity index (χ3n) is 3.26. The normalized spacial score (nSPS) is 24.3. The molecule has 0 aliphatic heterocycles. The quantitative estimate of drug-likeness (QED) is 0.842. The van der Waals surface area contributed by atoms with E-state index in [0.717, 1.165) is 25.7 Å². The molecule has 0 spiro atoms. The van der Waals surface area contributed by atoms with Gasteiger partial charge in [-0.05, 0) is 37.7 Å². The number of sulfonamides is 1. The molecule has 0 saturated heterocycles. The van der Waals surface area contributed by atoms with Crippen molar-refractivity contribution in [2.75, 3.05) is 6.26 Å². The number of hydrogen-bond donors (Lipinski definition) is 1. The van der Waals surface area contributed by atoms with Crippen LogP contribution in [0.5, 0.6) is 0 Å². The van der Waals surface area contributed by atoms with Crippen LogP contribution in [0.15, 0.2) is 21.6 Å². The summed E-state index contributed by atoms with van der Waals surface area (Å²) in [5, 5.41) is 0.310. The smallest absolute Gasteiger partial charge is 0.274 e. The Morgan fingerprint density at radius 3 is 2.84 bits per heavy atom. The van der Waals surface area contributed by atoms with Crippen LogP contribution in [0.25, 0.3) is 0 Å². The Kier molecular flexibility index (Phi) is 4.70. The van der Waals surface area contributed by atoms with Gasteiger partial charge in [0.2, 0.25) is 5.09 Å². The second-order valence-corrected chi connectivity index (χ2v) is 7.40. The van der Waals surface area contributed by atoms with Gasteiger partial charge in [0.25, 0.3) is 10.0 Å². The fourth-order valence-electron chi connectivity index (χ4n) is 2.29. The van der Waals surface area contributed by atoms with Gasteiger partial charge in [0.1, 0.15) is 0 Å². The van der Waals surface area contributed by atoms with Gasteiger partial charge in [0, 0.05) is 11.3 Å². The lowest BCUT2D eigenvalue weighted by molar-refractivity contribution is 0.109. The Hall–Kier alpha value is -0.790. The molecule has 1 aliphatic carbocycles. The SMILES string of the molecule is CSC1CCCC(NS(=O)(=O)c2ccc(C=O)o2)C1. The van der Waals surface area contributed by atoms with Crippen LogP contribution in [0.3, 0.4) is 0 Å². The van der Waals surface area contributed by atoms with Crippen LogP contribution in [0.1, 0.15) is 36.2 Å². The fraction of sp³-hybridized carbons (Fsp3) is 0.583. The van der Waals surface area contributed by atoms with E-state index in [0.29, 0.717) is 11.5 Å². The molecule has 1 aromatic rings. The third-order valence-corrected chi connectivity index (χ3v) is 5.75. The molecule has 1 aliphatic rings. The van der Waals surface area contributed by atoms with E-state index < -0.39 is 10.0 Å². The summed E-state index contributed by atoms with van der Waals surface area (Å²) in [6.45, 7) is 0. The van der Waals surface area contributed by atoms with Gasteiger partial charge in [-0.25, -0.2) is 13.1 Å². The highest BCUT2D eigenvalue weighted by Crippen LogP contribution is 2.28. The summed E-state index contributed by atoms with van der Waals surface area (Å²) in [4.78, 5) is 10.5. The first kappa shape index (κ1) is 14.6. The highest BCUT2D eigenvalue weighted by molar-refractivity contribution is 7.99. The Labute approximate surface area is 117 Å². The molecule has 19 heavy (non-hydrogen) atoms. The number of nitrogens with one attached hydrogen (secondary N) is 1. The van der Waals surface area contributed by atoms with Gasteiger partial charge < -0.3 is 4.42 Å². The van der Waals surface area contributed by atoms with E-state index in [-0.39, 0.29) is 16.9 Å². The lowest BCUT2D eigenvalue weighted by Gasteiger charge is -2.28. The molecule has 5 nitrogen and oxygen atoms in total. The Morgan fingerprint density at radius 1 is 1.42 bits per heavy atom. The maximum Gasteiger partial charge on any atom is 0.274 e. The molecule has 1 N–H and O–H groups in total. The van der Waals surface area contributed by atoms with Crippen LogP contribution in [0.4, 0.5) is 0 Å². The van der Waals surface area contributed by atoms with Crippen molar-refractivity contribution < 1.29 is 17.6 Å². The van der Waals surface area contributed by atoms with Crippen molar-refractivity contribution in [1.82, 2.24) is 4.72 Å². The monoisotopic (exact) mass is 303 g/mol. The van der Waals surface area contributed by atoms with Crippen LogP contribution >= 0.6 is 11.8 Å². The highest BCUT2D eigenvalue weighted by Gasteiger charge is 2.27. The summed E-state index contributed by atoms with van der Waals surface area (Å²) < 4.78 is 31.8. The summed E-state index contributed by atoms with van der Waals surface area (Å²) in [6, 6.07) is 2.61. The molecule has 1 saturated carbocycles. The Morgan fingerprint density at radius 2 is 2.21 bits per heavy atom. The fourth-order valence-corrected chi connectivity index (χ4v) is 4.34. The topological polar surface area (TPSA) is 76.4 Å². The first-order chi connectivity index (χ1) is 9.05. The van der Waals surface area contributed by atoms with Crippen molar-refractivity contribution in [3.8, 4) is 0 Å². The number of hydrogen-bond acceptors (Lipinski definition) is 5. The molecule has 1 fully saturated rings. The zero-order valence-corrected chi connectivity index (χ0v) is 12.3. The number of aldehydes is 1. The number of rotatable bonds is 5. The standard InChI is InChI=1S/C12H17NO4S2/c1-18-11-4-2-3-9(7-11)13-19(15,16)12-6-5-10(8-14)17-12/h5-6,8-9,11,13H,2-4,7H2,1H3. The van der Waals surface area contributed by atoms with Crippen LogP contribution in [-0.4, -0.2) is 32.3 Å². The zero-order valence-electron chi connectivity index (χ0n) is 10.7. The van der Waals surface area contributed by atoms with E-state index >= 15 is 0 Å². The summed E-state index contributed by atoms with van der Waals surface area (Å²) in [7, 11) is -3.67. The van der Waals surface area contributed by atoms with Gasteiger partial charge in [-0.15, -0.1) is 0 Å². The van der Waals surface area contributed by atoms with E-state index in [2.05, 4.69) is 4.72 Å². The van der Waals surface area contributed by atoms with Crippen molar-refractivity contribution in [2.24, 2.45) is 0 Å². The molecule has 0 aromatic carbocycles. The number of carbonyl (C=O) groups excluding carboxylic acids is 1. The van der Waals surface area contributed by atoms with Gasteiger partial charge in [0.05, 0.1) is 0 Å². The highest BCUT2D eigenvalue weighted by atomic mass is 32.2. The van der Waals surface area contributed by atoms with Crippen molar-refractivity contribution >= 4 is 28.1 Å². The largest absolute Gasteiger partial charge is 0.440 e. The number of carbonyl (C=O) groups is 1. The predicted molar refractivity (Wildman–Crippen MR) is 74.0 cm³/mol. The summed E-state index contributed by atoms with van der Waals surface area (Å²) >= 11 is 1.77. The molecule has 0 amide bonds. The van der Waals surface area contributed by atoms with E-state index in [1.165, 1.54) is 12.1 Å². The molecule has 0 radical (unpaired) electrons. The minimum atomic E-state index is -3.67. The number of thioether (sulfide) groups is 1. The van der Waals surface area contributed by atoms with Gasteiger partial charge in [0.15, 0.2) is 12.0 Å². The zero-order chi connectivity index (χ0) is 13.9. The van der Waals surface area contributed by atoms with Crippen LogP contribution in [0, 0.1) is 0 Å². The van der Waals surface area contributed by atoms with Crippen LogP contribution < -0.4 is 4.72 Å². The Bertz CT molecular complexity index is 538. The Balaban J connectivity index is 2.06. The maximum atomic E-state index is 12.1. The second kappa shape index (κ2) is 6.11. The molecule has 1 aromatic heterocycles. The lowest BCUT2D eigenvalue weighted by Crippen LogP contribution is -2.38. The van der Waals surface area contributed by atoms with E-state index in [1.54, 1.807) is 11.8 Å². The van der Waals surface area contributed by atoms with E-state index in [9.17, 15) is 13.2 Å². The third kappa shape index (κ3) is 3.61. The van der Waals surface area contributed by atoms with Crippen LogP contribution in [0.2, 0.25) is 0 Å². The molecule has 2 atom stereocenters. The molecule has 2 rings (SSSR count). The molecule has 7 heteroatoms. The van der Waals surface area contributed by atoms with Crippen molar-refractivity contribution in [3.05, 3.63) is 17.9 Å². The molecule has 1 heterocycles. The average Bonchev–Trinajstić information content (AvgIpc) is 2.88. The summed E-state index contributed by atoms with van der Waals surface area (Å²) in [6.07, 6.45) is 6.37. The van der Waals surface area contributed by atoms with Gasteiger partial charge >= 0.3 is 0 Å². The lowest BCUT2D eigenvalue weighted by atomic mass is 9.96. The van der Waals surface area contributed by atoms with Crippen LogP contribution in [-0.2, 0) is 10.0 Å². The molecule has 2 unspecified atom stereocenters. The molecular weight excluding hydrogens is 286 g/mol. The first-order valence-corrected chi connectivity index (χ1v) is 8.92. The van der Waals surface area contributed by atoms with Gasteiger partial charge in [-0.1, -0.05) is 6.42 Å². The molecular formula is C12H17NO4S2. The predicted octanol–water partition coefficient (Wildman–Crippen LogP) is 2.04. The van der Waals surface area contributed by atoms with Crippen molar-refractivity contribution in [3.63, 3.8) is 0 Å². The van der Waals surface area contributed by atoms with Crippen molar-refractivity contribution in [2.45, 2.75) is 42.1 Å². The minimum absolute atomic E-state index is 0.0195. The molecule has 0 bridgehead atoms. The first-order valence-electron chi connectivity index (χ1n) is 6.15. The number of furan rings is 1. The summed E-state index contributed by atoms with van der Waals surface area (Å²) in [5.74, 6) is 0.0195. The van der Waals surface area contributed by atoms with Gasteiger partial charge in [-0.3, -0.25) is 4.79 Å². The second-order valence-electron chi connectivity index (χ2n) is 4.62. The minimum Gasteiger partial charge on any atom is -0.440 e.